The lowest BCUT2D eigenvalue weighted by Crippen LogP contribution is -2.41. The van der Waals surface area contributed by atoms with Gasteiger partial charge in [-0.15, -0.1) is 0 Å². The fourth-order valence-corrected chi connectivity index (χ4v) is 2.97. The zero-order valence-corrected chi connectivity index (χ0v) is 15.7. The number of amides is 2. The predicted octanol–water partition coefficient (Wildman–Crippen LogP) is 0.847. The van der Waals surface area contributed by atoms with E-state index in [1.807, 2.05) is 31.1 Å². The van der Waals surface area contributed by atoms with Gasteiger partial charge < -0.3 is 20.2 Å². The number of nitrogens with one attached hydrogen (secondary N) is 1. The molecule has 1 heterocycles. The molecule has 1 aromatic rings. The first kappa shape index (κ1) is 19.4. The van der Waals surface area contributed by atoms with Gasteiger partial charge in [0.15, 0.2) is 0 Å². The van der Waals surface area contributed by atoms with Crippen LogP contribution in [0.1, 0.15) is 36.7 Å². The number of rotatable bonds is 4. The number of carbonyl (C=O) groups is 2. The molecule has 0 spiro atoms. The summed E-state index contributed by atoms with van der Waals surface area (Å²) in [5, 5.41) is 12.7. The van der Waals surface area contributed by atoms with Gasteiger partial charge in [-0.25, -0.2) is 0 Å². The van der Waals surface area contributed by atoms with E-state index in [0.717, 1.165) is 5.56 Å². The number of likely N-dealkylation sites (tertiary alicyclic amines) is 1. The number of β-amino-alcohol motifs (C(OH)–C–C–N with tert-alkyl or cyclic N) is 1. The van der Waals surface area contributed by atoms with Crippen molar-refractivity contribution in [3.05, 3.63) is 35.4 Å². The molecule has 1 aliphatic rings. The van der Waals surface area contributed by atoms with Gasteiger partial charge in [0.1, 0.15) is 0 Å². The van der Waals surface area contributed by atoms with Crippen molar-refractivity contribution in [2.24, 2.45) is 0 Å². The molecular weight excluding hydrogens is 318 g/mol. The van der Waals surface area contributed by atoms with Crippen LogP contribution in [0.25, 0.3) is 0 Å². The maximum atomic E-state index is 12.3. The Morgan fingerprint density at radius 3 is 2.28 bits per heavy atom. The summed E-state index contributed by atoms with van der Waals surface area (Å²) in [6.45, 7) is 7.07. The Kier molecular flexibility index (Phi) is 5.85. The number of aliphatic hydroxyl groups is 1. The van der Waals surface area contributed by atoms with Crippen LogP contribution in [-0.4, -0.2) is 72.6 Å². The van der Waals surface area contributed by atoms with Gasteiger partial charge in [0.2, 0.25) is 5.91 Å². The van der Waals surface area contributed by atoms with E-state index >= 15 is 0 Å². The number of likely N-dealkylation sites (N-methyl/N-ethyl adjacent to an activating group) is 1. The minimum atomic E-state index is -0.556. The molecule has 1 aliphatic heterocycles. The number of benzene rings is 1. The summed E-state index contributed by atoms with van der Waals surface area (Å²) in [6, 6.07) is 7.37. The second-order valence-corrected chi connectivity index (χ2v) is 7.91. The van der Waals surface area contributed by atoms with Gasteiger partial charge in [0.05, 0.1) is 18.7 Å². The van der Waals surface area contributed by atoms with Crippen LogP contribution in [0.2, 0.25) is 0 Å². The molecule has 138 valence electrons. The molecule has 1 fully saturated rings. The Balaban J connectivity index is 1.89. The Morgan fingerprint density at radius 1 is 1.20 bits per heavy atom. The first-order chi connectivity index (χ1) is 11.6. The van der Waals surface area contributed by atoms with Crippen LogP contribution in [0.5, 0.6) is 0 Å². The fraction of sp³-hybridized carbons (Fsp3) is 0.579. The van der Waals surface area contributed by atoms with Crippen molar-refractivity contribution in [3.8, 4) is 0 Å². The summed E-state index contributed by atoms with van der Waals surface area (Å²) < 4.78 is 0. The van der Waals surface area contributed by atoms with Crippen molar-refractivity contribution < 1.29 is 14.7 Å². The Morgan fingerprint density at radius 2 is 1.80 bits per heavy atom. The third kappa shape index (κ3) is 4.80. The summed E-state index contributed by atoms with van der Waals surface area (Å²) >= 11 is 0. The minimum absolute atomic E-state index is 0.0323. The lowest BCUT2D eigenvalue weighted by Gasteiger charge is -2.21. The maximum Gasteiger partial charge on any atom is 0.251 e. The molecule has 0 radical (unpaired) electrons. The van der Waals surface area contributed by atoms with Gasteiger partial charge in [-0.05, 0) is 37.2 Å². The molecule has 0 saturated carbocycles. The third-order valence-corrected chi connectivity index (χ3v) is 4.69. The number of hydrogen-bond acceptors (Lipinski definition) is 4. The summed E-state index contributed by atoms with van der Waals surface area (Å²) in [6.07, 6.45) is -0.556. The van der Waals surface area contributed by atoms with E-state index in [9.17, 15) is 14.7 Å². The second-order valence-electron chi connectivity index (χ2n) is 7.91. The highest BCUT2D eigenvalue weighted by molar-refractivity contribution is 5.96. The standard InChI is InChI=1S/C19H29N3O3/c1-19(2,3)14-8-6-13(7-9-14)18(25)20-10-17(24)22-11-15(21(4)5)16(23)12-22/h6-9,15-16,23H,10-12H2,1-5H3,(H,20,25)/t15-,16-/m0/s1. The van der Waals surface area contributed by atoms with Crippen molar-refractivity contribution in [1.29, 1.82) is 0 Å². The fourth-order valence-electron chi connectivity index (χ4n) is 2.97. The average molecular weight is 347 g/mol. The third-order valence-electron chi connectivity index (χ3n) is 4.69. The van der Waals surface area contributed by atoms with Crippen LogP contribution in [-0.2, 0) is 10.2 Å². The van der Waals surface area contributed by atoms with Gasteiger partial charge in [-0.2, -0.15) is 0 Å². The maximum absolute atomic E-state index is 12.3. The second kappa shape index (κ2) is 7.54. The number of carbonyl (C=O) groups excluding carboxylic acids is 2. The first-order valence-electron chi connectivity index (χ1n) is 8.60. The molecule has 0 unspecified atom stereocenters. The minimum Gasteiger partial charge on any atom is -0.390 e. The average Bonchev–Trinajstić information content (AvgIpc) is 2.93. The Labute approximate surface area is 149 Å². The molecule has 1 aromatic carbocycles. The lowest BCUT2D eigenvalue weighted by atomic mass is 9.87. The first-order valence-corrected chi connectivity index (χ1v) is 8.60. The van der Waals surface area contributed by atoms with Gasteiger partial charge >= 0.3 is 0 Å². The van der Waals surface area contributed by atoms with Crippen molar-refractivity contribution >= 4 is 11.8 Å². The highest BCUT2D eigenvalue weighted by atomic mass is 16.3. The van der Waals surface area contributed by atoms with Gasteiger partial charge in [-0.1, -0.05) is 32.9 Å². The Hall–Kier alpha value is -1.92. The predicted molar refractivity (Wildman–Crippen MR) is 97.5 cm³/mol. The molecule has 0 aliphatic carbocycles. The molecular formula is C19H29N3O3. The number of aliphatic hydroxyl groups excluding tert-OH is 1. The van der Waals surface area contributed by atoms with Crippen LogP contribution in [0.4, 0.5) is 0 Å². The normalized spacial score (nSPS) is 20.8. The van der Waals surface area contributed by atoms with E-state index in [1.165, 1.54) is 0 Å². The van der Waals surface area contributed by atoms with E-state index < -0.39 is 6.10 Å². The molecule has 2 rings (SSSR count). The molecule has 2 atom stereocenters. The number of hydrogen-bond donors (Lipinski definition) is 2. The van der Waals surface area contributed by atoms with Crippen molar-refractivity contribution in [2.75, 3.05) is 33.7 Å². The highest BCUT2D eigenvalue weighted by Crippen LogP contribution is 2.22. The van der Waals surface area contributed by atoms with Crippen LogP contribution in [0, 0.1) is 0 Å². The van der Waals surface area contributed by atoms with Crippen molar-refractivity contribution in [2.45, 2.75) is 38.3 Å². The summed E-state index contributed by atoms with van der Waals surface area (Å²) in [7, 11) is 3.76. The largest absolute Gasteiger partial charge is 0.390 e. The van der Waals surface area contributed by atoms with Gasteiger partial charge in [-0.3, -0.25) is 9.59 Å². The summed E-state index contributed by atoms with van der Waals surface area (Å²) in [5.41, 5.74) is 1.72. The number of nitrogens with zero attached hydrogens (tertiary/aromatic N) is 2. The van der Waals surface area contributed by atoms with Gasteiger partial charge in [0.25, 0.3) is 5.91 Å². The SMILES string of the molecule is CN(C)[C@H]1CN(C(=O)CNC(=O)c2ccc(C(C)(C)C)cc2)C[C@@H]1O. The molecule has 0 aromatic heterocycles. The van der Waals surface area contributed by atoms with E-state index in [0.29, 0.717) is 18.7 Å². The lowest BCUT2D eigenvalue weighted by molar-refractivity contribution is -0.129. The zero-order chi connectivity index (χ0) is 18.8. The van der Waals surface area contributed by atoms with Crippen LogP contribution < -0.4 is 5.32 Å². The zero-order valence-electron chi connectivity index (χ0n) is 15.7. The summed E-state index contributed by atoms with van der Waals surface area (Å²) in [4.78, 5) is 28.0. The van der Waals surface area contributed by atoms with E-state index in [-0.39, 0.29) is 29.8 Å². The smallest absolute Gasteiger partial charge is 0.251 e. The molecule has 1 saturated heterocycles. The van der Waals surface area contributed by atoms with Crippen molar-refractivity contribution in [1.82, 2.24) is 15.1 Å². The monoisotopic (exact) mass is 347 g/mol. The Bertz CT molecular complexity index is 620. The molecule has 2 N–H and O–H groups in total. The summed E-state index contributed by atoms with van der Waals surface area (Å²) in [5.74, 6) is -0.444. The van der Waals surface area contributed by atoms with Crippen LogP contribution in [0.15, 0.2) is 24.3 Å². The molecule has 2 amide bonds. The molecule has 0 bridgehead atoms. The highest BCUT2D eigenvalue weighted by Gasteiger charge is 2.35. The van der Waals surface area contributed by atoms with Crippen LogP contribution >= 0.6 is 0 Å². The van der Waals surface area contributed by atoms with E-state index in [2.05, 4.69) is 26.1 Å². The van der Waals surface area contributed by atoms with E-state index in [1.54, 1.807) is 17.0 Å². The van der Waals surface area contributed by atoms with E-state index in [4.69, 9.17) is 0 Å². The molecule has 6 heteroatoms. The molecule has 6 nitrogen and oxygen atoms in total. The van der Waals surface area contributed by atoms with Crippen molar-refractivity contribution in [3.63, 3.8) is 0 Å². The molecule has 25 heavy (non-hydrogen) atoms. The topological polar surface area (TPSA) is 72.9 Å². The van der Waals surface area contributed by atoms with Gasteiger partial charge in [0, 0.05) is 18.7 Å². The van der Waals surface area contributed by atoms with Crippen LogP contribution in [0.3, 0.4) is 0 Å². The quantitative estimate of drug-likeness (QED) is 0.847.